The summed E-state index contributed by atoms with van der Waals surface area (Å²) in [5.41, 5.74) is 5.35. The van der Waals surface area contributed by atoms with Gasteiger partial charge in [-0.2, -0.15) is 13.2 Å². The minimum atomic E-state index is -4.38. The number of likely N-dealkylation sites (tertiary alicyclic amines) is 1. The minimum Gasteiger partial charge on any atom is -0.369 e. The van der Waals surface area contributed by atoms with Crippen LogP contribution < -0.4 is 11.1 Å². The largest absolute Gasteiger partial charge is 0.406 e. The van der Waals surface area contributed by atoms with Crippen LogP contribution in [0.15, 0.2) is 0 Å². The van der Waals surface area contributed by atoms with Crippen LogP contribution in [0.5, 0.6) is 0 Å². The Morgan fingerprint density at radius 3 is 2.57 bits per heavy atom. The molecule has 21 heavy (non-hydrogen) atoms. The second kappa shape index (κ2) is 6.21. The van der Waals surface area contributed by atoms with E-state index in [0.29, 0.717) is 12.8 Å². The predicted molar refractivity (Wildman–Crippen MR) is 69.1 cm³/mol. The van der Waals surface area contributed by atoms with Crippen molar-refractivity contribution in [3.8, 4) is 0 Å². The van der Waals surface area contributed by atoms with Gasteiger partial charge in [0.05, 0.1) is 12.0 Å². The van der Waals surface area contributed by atoms with Gasteiger partial charge in [-0.25, -0.2) is 0 Å². The molecule has 1 aliphatic carbocycles. The maximum Gasteiger partial charge on any atom is 0.406 e. The Bertz CT molecular complexity index is 414. The van der Waals surface area contributed by atoms with Crippen LogP contribution in [0.1, 0.15) is 32.1 Å². The highest BCUT2D eigenvalue weighted by Crippen LogP contribution is 2.26. The van der Waals surface area contributed by atoms with Crippen LogP contribution in [-0.4, -0.2) is 48.1 Å². The zero-order valence-corrected chi connectivity index (χ0v) is 11.7. The Morgan fingerprint density at radius 1 is 1.29 bits per heavy atom. The quantitative estimate of drug-likeness (QED) is 0.806. The SMILES string of the molecule is NC(=O)[C@@H]1CCCC[C@@H]1N[C@H]1CCN(CC(F)(F)F)C1=O. The number of carbonyl (C=O) groups is 2. The van der Waals surface area contributed by atoms with Crippen molar-refractivity contribution < 1.29 is 22.8 Å². The standard InChI is InChI=1S/C13H20F3N3O2/c14-13(15,16)7-19-6-5-10(12(19)21)18-9-4-2-1-3-8(9)11(17)20/h8-10,18H,1-7H2,(H2,17,20)/t8-,9+,10+/m1/s1. The Labute approximate surface area is 121 Å². The second-order valence-electron chi connectivity index (χ2n) is 5.78. The molecule has 1 heterocycles. The number of halogens is 3. The molecule has 8 heteroatoms. The van der Waals surface area contributed by atoms with Crippen molar-refractivity contribution in [3.05, 3.63) is 0 Å². The van der Waals surface area contributed by atoms with Crippen LogP contribution in [0, 0.1) is 5.92 Å². The highest BCUT2D eigenvalue weighted by atomic mass is 19.4. The molecule has 3 N–H and O–H groups in total. The lowest BCUT2D eigenvalue weighted by Crippen LogP contribution is -2.51. The van der Waals surface area contributed by atoms with E-state index in [9.17, 15) is 22.8 Å². The maximum absolute atomic E-state index is 12.4. The van der Waals surface area contributed by atoms with Crippen molar-refractivity contribution in [2.75, 3.05) is 13.1 Å². The van der Waals surface area contributed by atoms with E-state index in [-0.39, 0.29) is 18.5 Å². The molecule has 0 unspecified atom stereocenters. The highest BCUT2D eigenvalue weighted by molar-refractivity contribution is 5.84. The average Bonchev–Trinajstić information content (AvgIpc) is 2.70. The summed E-state index contributed by atoms with van der Waals surface area (Å²) >= 11 is 0. The van der Waals surface area contributed by atoms with Gasteiger partial charge in [0, 0.05) is 12.6 Å². The molecule has 2 amide bonds. The molecular weight excluding hydrogens is 287 g/mol. The Kier molecular flexibility index (Phi) is 4.75. The number of nitrogens with one attached hydrogen (secondary N) is 1. The third-order valence-corrected chi connectivity index (χ3v) is 4.21. The fraction of sp³-hybridized carbons (Fsp3) is 0.846. The van der Waals surface area contributed by atoms with Gasteiger partial charge in [0.2, 0.25) is 11.8 Å². The second-order valence-corrected chi connectivity index (χ2v) is 5.78. The molecule has 5 nitrogen and oxygen atoms in total. The molecule has 0 aromatic rings. The monoisotopic (exact) mass is 307 g/mol. The van der Waals surface area contributed by atoms with E-state index in [1.807, 2.05) is 0 Å². The van der Waals surface area contributed by atoms with Crippen molar-refractivity contribution in [3.63, 3.8) is 0 Å². The Morgan fingerprint density at radius 2 is 1.95 bits per heavy atom. The highest BCUT2D eigenvalue weighted by Gasteiger charge is 2.41. The van der Waals surface area contributed by atoms with Crippen LogP contribution in [0.2, 0.25) is 0 Å². The lowest BCUT2D eigenvalue weighted by atomic mass is 9.83. The van der Waals surface area contributed by atoms with Gasteiger partial charge in [0.1, 0.15) is 6.54 Å². The van der Waals surface area contributed by atoms with Gasteiger partial charge >= 0.3 is 6.18 Å². The van der Waals surface area contributed by atoms with Gasteiger partial charge in [-0.1, -0.05) is 12.8 Å². The summed E-state index contributed by atoms with van der Waals surface area (Å²) in [4.78, 5) is 24.2. The lowest BCUT2D eigenvalue weighted by Gasteiger charge is -2.32. The number of hydrogen-bond acceptors (Lipinski definition) is 3. The molecule has 0 aromatic heterocycles. The molecule has 0 bridgehead atoms. The summed E-state index contributed by atoms with van der Waals surface area (Å²) < 4.78 is 37.1. The predicted octanol–water partition coefficient (Wildman–Crippen LogP) is 0.783. The molecule has 2 fully saturated rings. The smallest absolute Gasteiger partial charge is 0.369 e. The molecule has 0 radical (unpaired) electrons. The summed E-state index contributed by atoms with van der Waals surface area (Å²) in [6.45, 7) is -1.13. The molecule has 2 rings (SSSR count). The van der Waals surface area contributed by atoms with E-state index in [2.05, 4.69) is 5.32 Å². The number of nitrogens with two attached hydrogens (primary N) is 1. The van der Waals surface area contributed by atoms with E-state index >= 15 is 0 Å². The number of carbonyl (C=O) groups excluding carboxylic acids is 2. The average molecular weight is 307 g/mol. The number of nitrogens with zero attached hydrogens (tertiary/aromatic N) is 1. The summed E-state index contributed by atoms with van der Waals surface area (Å²) in [5, 5.41) is 3.06. The first-order valence-corrected chi connectivity index (χ1v) is 7.19. The summed E-state index contributed by atoms with van der Waals surface area (Å²) in [7, 11) is 0. The third kappa shape index (κ3) is 4.09. The minimum absolute atomic E-state index is 0.0873. The number of hydrogen-bond donors (Lipinski definition) is 2. The number of amides is 2. The zero-order chi connectivity index (χ0) is 15.6. The molecule has 2 aliphatic rings. The molecule has 0 aromatic carbocycles. The van der Waals surface area contributed by atoms with Crippen LogP contribution in [0.25, 0.3) is 0 Å². The fourth-order valence-electron chi connectivity index (χ4n) is 3.20. The summed E-state index contributed by atoms with van der Waals surface area (Å²) in [6, 6.07) is -0.853. The van der Waals surface area contributed by atoms with Gasteiger partial charge in [-0.3, -0.25) is 9.59 Å². The van der Waals surface area contributed by atoms with Crippen LogP contribution >= 0.6 is 0 Å². The topological polar surface area (TPSA) is 75.4 Å². The van der Waals surface area contributed by atoms with Crippen LogP contribution in [0.3, 0.4) is 0 Å². The molecule has 3 atom stereocenters. The van der Waals surface area contributed by atoms with E-state index in [0.717, 1.165) is 24.2 Å². The Balaban J connectivity index is 1.94. The van der Waals surface area contributed by atoms with Crippen LogP contribution in [0.4, 0.5) is 13.2 Å². The first kappa shape index (κ1) is 16.1. The van der Waals surface area contributed by atoms with E-state index in [1.54, 1.807) is 0 Å². The van der Waals surface area contributed by atoms with Gasteiger partial charge in [0.15, 0.2) is 0 Å². The van der Waals surface area contributed by atoms with Gasteiger partial charge in [0.25, 0.3) is 0 Å². The number of primary amides is 1. The van der Waals surface area contributed by atoms with E-state index in [1.165, 1.54) is 0 Å². The molecule has 1 saturated heterocycles. The molecule has 120 valence electrons. The van der Waals surface area contributed by atoms with Crippen molar-refractivity contribution in [2.45, 2.75) is 50.4 Å². The molecule has 1 saturated carbocycles. The zero-order valence-electron chi connectivity index (χ0n) is 11.7. The normalized spacial score (nSPS) is 30.7. The summed E-state index contributed by atoms with van der Waals surface area (Å²) in [5.74, 6) is -1.30. The fourth-order valence-corrected chi connectivity index (χ4v) is 3.20. The van der Waals surface area contributed by atoms with Crippen molar-refractivity contribution in [1.82, 2.24) is 10.2 Å². The molecular formula is C13H20F3N3O2. The lowest BCUT2D eigenvalue weighted by molar-refractivity contribution is -0.158. The first-order chi connectivity index (χ1) is 9.78. The number of alkyl halides is 3. The number of rotatable bonds is 4. The van der Waals surface area contributed by atoms with Crippen molar-refractivity contribution in [2.24, 2.45) is 11.7 Å². The van der Waals surface area contributed by atoms with Gasteiger partial charge in [-0.05, 0) is 19.3 Å². The maximum atomic E-state index is 12.4. The van der Waals surface area contributed by atoms with Gasteiger partial charge < -0.3 is 16.0 Å². The third-order valence-electron chi connectivity index (χ3n) is 4.21. The summed E-state index contributed by atoms with van der Waals surface area (Å²) in [6.07, 6.45) is -0.835. The first-order valence-electron chi connectivity index (χ1n) is 7.19. The molecule has 1 aliphatic heterocycles. The van der Waals surface area contributed by atoms with Crippen LogP contribution in [-0.2, 0) is 9.59 Å². The molecule has 0 spiro atoms. The Hall–Kier alpha value is -1.31. The van der Waals surface area contributed by atoms with Crippen molar-refractivity contribution >= 4 is 11.8 Å². The van der Waals surface area contributed by atoms with Crippen molar-refractivity contribution in [1.29, 1.82) is 0 Å². The van der Waals surface area contributed by atoms with E-state index < -0.39 is 30.6 Å². The van der Waals surface area contributed by atoms with Gasteiger partial charge in [-0.15, -0.1) is 0 Å². The van der Waals surface area contributed by atoms with E-state index in [4.69, 9.17) is 5.73 Å².